The molecular weight excluding hydrogens is 275 g/mol. The second kappa shape index (κ2) is 7.17. The fourth-order valence-corrected chi connectivity index (χ4v) is 2.54. The molecule has 20 heavy (non-hydrogen) atoms. The standard InChI is InChI=1S/C15H17FN2OS/c1-11(8-12-6-7-20-10-12)17-9-15(19)18-14-5-3-2-4-13(14)16/h2-7,10-11,17H,8-9H2,1H3,(H,18,19). The van der Waals surface area contributed by atoms with E-state index in [9.17, 15) is 9.18 Å². The van der Waals surface area contributed by atoms with Gasteiger partial charge in [-0.1, -0.05) is 12.1 Å². The van der Waals surface area contributed by atoms with Crippen LogP contribution in [-0.4, -0.2) is 18.5 Å². The number of rotatable bonds is 6. The third-order valence-electron chi connectivity index (χ3n) is 2.88. The van der Waals surface area contributed by atoms with Crippen LogP contribution in [0.5, 0.6) is 0 Å². The molecule has 0 aliphatic carbocycles. The molecule has 2 aromatic rings. The normalized spacial score (nSPS) is 12.1. The lowest BCUT2D eigenvalue weighted by Gasteiger charge is -2.13. The van der Waals surface area contributed by atoms with Crippen molar-refractivity contribution in [1.82, 2.24) is 5.32 Å². The second-order valence-corrected chi connectivity index (χ2v) is 5.43. The number of benzene rings is 1. The van der Waals surface area contributed by atoms with Gasteiger partial charge in [-0.25, -0.2) is 4.39 Å². The van der Waals surface area contributed by atoms with Crippen molar-refractivity contribution in [2.45, 2.75) is 19.4 Å². The molecule has 3 nitrogen and oxygen atoms in total. The van der Waals surface area contributed by atoms with E-state index in [1.165, 1.54) is 11.6 Å². The molecule has 0 aliphatic rings. The van der Waals surface area contributed by atoms with Crippen molar-refractivity contribution in [2.24, 2.45) is 0 Å². The van der Waals surface area contributed by atoms with E-state index < -0.39 is 5.82 Å². The summed E-state index contributed by atoms with van der Waals surface area (Å²) >= 11 is 1.66. The highest BCUT2D eigenvalue weighted by Gasteiger charge is 2.08. The third kappa shape index (κ3) is 4.43. The Morgan fingerprint density at radius 3 is 2.85 bits per heavy atom. The number of thiophene rings is 1. The van der Waals surface area contributed by atoms with Crippen molar-refractivity contribution in [3.63, 3.8) is 0 Å². The Morgan fingerprint density at radius 1 is 1.35 bits per heavy atom. The van der Waals surface area contributed by atoms with Crippen LogP contribution in [-0.2, 0) is 11.2 Å². The molecule has 0 saturated carbocycles. The highest BCUT2D eigenvalue weighted by atomic mass is 32.1. The van der Waals surface area contributed by atoms with Crippen LogP contribution < -0.4 is 10.6 Å². The van der Waals surface area contributed by atoms with E-state index in [1.54, 1.807) is 29.5 Å². The highest BCUT2D eigenvalue weighted by molar-refractivity contribution is 7.07. The van der Waals surface area contributed by atoms with E-state index in [-0.39, 0.29) is 24.2 Å². The molecule has 1 amide bonds. The first kappa shape index (κ1) is 14.7. The Kier molecular flexibility index (Phi) is 5.26. The highest BCUT2D eigenvalue weighted by Crippen LogP contribution is 2.12. The number of carbonyl (C=O) groups excluding carboxylic acids is 1. The van der Waals surface area contributed by atoms with Gasteiger partial charge in [-0.15, -0.1) is 0 Å². The molecule has 1 heterocycles. The molecule has 1 aromatic heterocycles. The number of carbonyl (C=O) groups is 1. The van der Waals surface area contributed by atoms with Gasteiger partial charge >= 0.3 is 0 Å². The molecular formula is C15H17FN2OS. The number of amides is 1. The average molecular weight is 292 g/mol. The van der Waals surface area contributed by atoms with Crippen LogP contribution >= 0.6 is 11.3 Å². The monoisotopic (exact) mass is 292 g/mol. The summed E-state index contributed by atoms with van der Waals surface area (Å²) < 4.78 is 13.4. The van der Waals surface area contributed by atoms with Gasteiger partial charge in [0.15, 0.2) is 0 Å². The maximum absolute atomic E-state index is 13.4. The predicted molar refractivity (Wildman–Crippen MR) is 80.5 cm³/mol. The van der Waals surface area contributed by atoms with E-state index in [4.69, 9.17) is 0 Å². The summed E-state index contributed by atoms with van der Waals surface area (Å²) in [6.07, 6.45) is 0.872. The van der Waals surface area contributed by atoms with Crippen molar-refractivity contribution in [1.29, 1.82) is 0 Å². The van der Waals surface area contributed by atoms with Gasteiger partial charge in [-0.3, -0.25) is 4.79 Å². The fraction of sp³-hybridized carbons (Fsp3) is 0.267. The maximum atomic E-state index is 13.4. The minimum Gasteiger partial charge on any atom is -0.322 e. The Hall–Kier alpha value is -1.72. The molecule has 1 atom stereocenters. The molecule has 0 bridgehead atoms. The van der Waals surface area contributed by atoms with Crippen LogP contribution in [0.3, 0.4) is 0 Å². The quantitative estimate of drug-likeness (QED) is 0.859. The molecule has 1 aromatic carbocycles. The van der Waals surface area contributed by atoms with Gasteiger partial charge in [0.05, 0.1) is 12.2 Å². The van der Waals surface area contributed by atoms with E-state index in [2.05, 4.69) is 22.1 Å². The van der Waals surface area contributed by atoms with Gasteiger partial charge in [0.25, 0.3) is 0 Å². The van der Waals surface area contributed by atoms with Crippen molar-refractivity contribution in [3.05, 3.63) is 52.5 Å². The van der Waals surface area contributed by atoms with Crippen LogP contribution in [0.4, 0.5) is 10.1 Å². The fourth-order valence-electron chi connectivity index (χ4n) is 1.86. The molecule has 0 fully saturated rings. The first-order chi connectivity index (χ1) is 9.65. The molecule has 106 valence electrons. The summed E-state index contributed by atoms with van der Waals surface area (Å²) in [7, 11) is 0. The predicted octanol–water partition coefficient (Wildman–Crippen LogP) is 3.05. The maximum Gasteiger partial charge on any atom is 0.238 e. The summed E-state index contributed by atoms with van der Waals surface area (Å²) in [6.45, 7) is 2.19. The summed E-state index contributed by atoms with van der Waals surface area (Å²) in [5.41, 5.74) is 1.47. The van der Waals surface area contributed by atoms with Crippen molar-refractivity contribution in [3.8, 4) is 0 Å². The van der Waals surface area contributed by atoms with Gasteiger partial charge in [0.1, 0.15) is 5.82 Å². The Labute approximate surface area is 121 Å². The zero-order valence-corrected chi connectivity index (χ0v) is 12.0. The topological polar surface area (TPSA) is 41.1 Å². The van der Waals surface area contributed by atoms with E-state index in [1.807, 2.05) is 12.3 Å². The first-order valence-electron chi connectivity index (χ1n) is 6.44. The number of nitrogens with one attached hydrogen (secondary N) is 2. The van der Waals surface area contributed by atoms with E-state index >= 15 is 0 Å². The minimum atomic E-state index is -0.424. The van der Waals surface area contributed by atoms with Crippen LogP contribution in [0.15, 0.2) is 41.1 Å². The van der Waals surface area contributed by atoms with Gasteiger partial charge < -0.3 is 10.6 Å². The molecule has 0 spiro atoms. The lowest BCUT2D eigenvalue weighted by molar-refractivity contribution is -0.115. The molecule has 2 N–H and O–H groups in total. The second-order valence-electron chi connectivity index (χ2n) is 4.65. The summed E-state index contributed by atoms with van der Waals surface area (Å²) in [6, 6.07) is 8.40. The Morgan fingerprint density at radius 2 is 2.15 bits per heavy atom. The van der Waals surface area contributed by atoms with E-state index in [0.717, 1.165) is 6.42 Å². The lowest BCUT2D eigenvalue weighted by atomic mass is 10.1. The van der Waals surface area contributed by atoms with Gasteiger partial charge in [-0.2, -0.15) is 11.3 Å². The van der Waals surface area contributed by atoms with Crippen LogP contribution in [0.25, 0.3) is 0 Å². The lowest BCUT2D eigenvalue weighted by Crippen LogP contribution is -2.35. The van der Waals surface area contributed by atoms with Crippen molar-refractivity contribution < 1.29 is 9.18 Å². The van der Waals surface area contributed by atoms with E-state index in [0.29, 0.717) is 0 Å². The van der Waals surface area contributed by atoms with Crippen LogP contribution in [0, 0.1) is 5.82 Å². The van der Waals surface area contributed by atoms with Crippen molar-refractivity contribution >= 4 is 22.9 Å². The minimum absolute atomic E-state index is 0.166. The van der Waals surface area contributed by atoms with Crippen LogP contribution in [0.1, 0.15) is 12.5 Å². The molecule has 5 heteroatoms. The first-order valence-corrected chi connectivity index (χ1v) is 7.38. The third-order valence-corrected chi connectivity index (χ3v) is 3.61. The smallest absolute Gasteiger partial charge is 0.238 e. The van der Waals surface area contributed by atoms with Crippen LogP contribution in [0.2, 0.25) is 0 Å². The average Bonchev–Trinajstić information content (AvgIpc) is 2.92. The summed E-state index contributed by atoms with van der Waals surface area (Å²) in [5.74, 6) is -0.667. The molecule has 1 unspecified atom stereocenters. The molecule has 0 saturated heterocycles. The number of anilines is 1. The van der Waals surface area contributed by atoms with Gasteiger partial charge in [0, 0.05) is 6.04 Å². The Bertz CT molecular complexity index is 557. The summed E-state index contributed by atoms with van der Waals surface area (Å²) in [5, 5.41) is 9.81. The molecule has 0 aliphatic heterocycles. The van der Waals surface area contributed by atoms with Gasteiger partial charge in [0.2, 0.25) is 5.91 Å². The Balaban J connectivity index is 1.76. The zero-order valence-electron chi connectivity index (χ0n) is 11.2. The zero-order chi connectivity index (χ0) is 14.4. The number of hydrogen-bond acceptors (Lipinski definition) is 3. The number of hydrogen-bond donors (Lipinski definition) is 2. The van der Waals surface area contributed by atoms with Gasteiger partial charge in [-0.05, 0) is 47.9 Å². The SMILES string of the molecule is CC(Cc1ccsc1)NCC(=O)Nc1ccccc1F. The molecule has 0 radical (unpaired) electrons. The number of halogens is 1. The summed E-state index contributed by atoms with van der Waals surface area (Å²) in [4.78, 5) is 11.7. The molecule has 2 rings (SSSR count). The largest absolute Gasteiger partial charge is 0.322 e. The van der Waals surface area contributed by atoms with Crippen molar-refractivity contribution in [2.75, 3.05) is 11.9 Å². The number of para-hydroxylation sites is 1.